The molecule has 1 amide bonds. The van der Waals surface area contributed by atoms with Crippen molar-refractivity contribution in [2.45, 2.75) is 13.3 Å². The summed E-state index contributed by atoms with van der Waals surface area (Å²) < 4.78 is 5.26. The monoisotopic (exact) mass is 306 g/mol. The van der Waals surface area contributed by atoms with Crippen LogP contribution in [0.2, 0.25) is 0 Å². The first kappa shape index (κ1) is 15.5. The van der Waals surface area contributed by atoms with Gasteiger partial charge in [0, 0.05) is 19.8 Å². The fourth-order valence-corrected chi connectivity index (χ4v) is 2.31. The number of benzene rings is 1. The van der Waals surface area contributed by atoms with E-state index in [-0.39, 0.29) is 11.7 Å². The lowest BCUT2D eigenvalue weighted by molar-refractivity contribution is -0.122. The van der Waals surface area contributed by atoms with Crippen LogP contribution in [0, 0.1) is 0 Å². The fourth-order valence-electron chi connectivity index (χ4n) is 2.02. The third kappa shape index (κ3) is 4.03. The normalized spacial score (nSPS) is 16.6. The van der Waals surface area contributed by atoms with E-state index >= 15 is 0 Å². The first-order chi connectivity index (χ1) is 10.1. The maximum absolute atomic E-state index is 12.3. The molecule has 5 nitrogen and oxygen atoms in total. The highest BCUT2D eigenvalue weighted by atomic mass is 32.1. The Balaban J connectivity index is 2.03. The van der Waals surface area contributed by atoms with Crippen LogP contribution >= 0.6 is 12.2 Å². The van der Waals surface area contributed by atoms with Gasteiger partial charge < -0.3 is 15.2 Å². The molecule has 2 N–H and O–H groups in total. The summed E-state index contributed by atoms with van der Waals surface area (Å²) in [7, 11) is 0. The molecule has 0 radical (unpaired) electrons. The molecule has 0 bridgehead atoms. The van der Waals surface area contributed by atoms with E-state index in [0.29, 0.717) is 30.6 Å². The first-order valence-electron chi connectivity index (χ1n) is 6.83. The molecule has 1 aromatic rings. The van der Waals surface area contributed by atoms with Crippen molar-refractivity contribution in [1.82, 2.24) is 10.2 Å². The molecule has 6 heteroatoms. The van der Waals surface area contributed by atoms with E-state index in [1.165, 1.54) is 4.90 Å². The number of carbonyl (C=O) groups is 1. The number of rotatable bonds is 6. The van der Waals surface area contributed by atoms with Crippen molar-refractivity contribution in [3.63, 3.8) is 0 Å². The lowest BCUT2D eigenvalue weighted by atomic mass is 10.2. The molecule has 0 aromatic heterocycles. The van der Waals surface area contributed by atoms with Gasteiger partial charge in [-0.15, -0.1) is 0 Å². The van der Waals surface area contributed by atoms with Crippen molar-refractivity contribution >= 4 is 29.3 Å². The van der Waals surface area contributed by atoms with Gasteiger partial charge in [0.25, 0.3) is 5.91 Å². The summed E-state index contributed by atoms with van der Waals surface area (Å²) in [5, 5.41) is 12.8. The van der Waals surface area contributed by atoms with E-state index in [4.69, 9.17) is 17.0 Å². The van der Waals surface area contributed by atoms with Gasteiger partial charge in [-0.2, -0.15) is 0 Å². The van der Waals surface area contributed by atoms with Gasteiger partial charge in [-0.1, -0.05) is 12.1 Å². The number of amides is 1. The second-order valence-corrected chi connectivity index (χ2v) is 4.98. The average molecular weight is 306 g/mol. The fraction of sp³-hybridized carbons (Fsp3) is 0.333. The average Bonchev–Trinajstić information content (AvgIpc) is 2.70. The summed E-state index contributed by atoms with van der Waals surface area (Å²) in [5.41, 5.74) is 1.16. The van der Waals surface area contributed by atoms with E-state index in [0.717, 1.165) is 12.0 Å². The third-order valence-electron chi connectivity index (χ3n) is 3.02. The highest BCUT2D eigenvalue weighted by molar-refractivity contribution is 7.80. The topological polar surface area (TPSA) is 61.8 Å². The molecule has 1 aromatic carbocycles. The first-order valence-corrected chi connectivity index (χ1v) is 7.24. The summed E-state index contributed by atoms with van der Waals surface area (Å²) in [4.78, 5) is 13.8. The van der Waals surface area contributed by atoms with Gasteiger partial charge in [0.05, 0.1) is 0 Å². The number of aromatic hydroxyl groups is 1. The number of ether oxygens (including phenoxy) is 1. The molecule has 2 rings (SSSR count). The second-order valence-electron chi connectivity index (χ2n) is 4.59. The molecule has 0 unspecified atom stereocenters. The van der Waals surface area contributed by atoms with Gasteiger partial charge in [0.1, 0.15) is 11.4 Å². The highest BCUT2D eigenvalue weighted by Gasteiger charge is 2.29. The Morgan fingerprint density at radius 3 is 3.00 bits per heavy atom. The Kier molecular flexibility index (Phi) is 5.30. The van der Waals surface area contributed by atoms with E-state index in [1.54, 1.807) is 24.3 Å². The summed E-state index contributed by atoms with van der Waals surface area (Å²) in [6.45, 7) is 3.74. The van der Waals surface area contributed by atoms with E-state index in [1.807, 2.05) is 13.0 Å². The van der Waals surface area contributed by atoms with Crippen molar-refractivity contribution < 1.29 is 14.6 Å². The summed E-state index contributed by atoms with van der Waals surface area (Å²) in [6.07, 6.45) is 2.41. The van der Waals surface area contributed by atoms with E-state index < -0.39 is 0 Å². The summed E-state index contributed by atoms with van der Waals surface area (Å²) >= 11 is 5.18. The number of thiocarbonyl (C=S) groups is 1. The minimum atomic E-state index is -0.153. The maximum atomic E-state index is 12.3. The minimum Gasteiger partial charge on any atom is -0.508 e. The standard InChI is InChI=1S/C15H18N2O3S/c1-2-20-8-4-7-17-14(19)13(16-15(17)21)10-11-5-3-6-12(18)9-11/h3,5-6,9-10,18H,2,4,7-8H2,1H3,(H,16,21)/b13-10+. The zero-order chi connectivity index (χ0) is 15.2. The number of nitrogens with one attached hydrogen (secondary N) is 1. The molecule has 1 fully saturated rings. The second kappa shape index (κ2) is 7.19. The van der Waals surface area contributed by atoms with Crippen LogP contribution in [0.3, 0.4) is 0 Å². The van der Waals surface area contributed by atoms with Crippen LogP contribution in [0.15, 0.2) is 30.0 Å². The number of phenolic OH excluding ortho intramolecular Hbond substituents is 1. The van der Waals surface area contributed by atoms with Crippen molar-refractivity contribution in [2.75, 3.05) is 19.8 Å². The zero-order valence-corrected chi connectivity index (χ0v) is 12.7. The molecule has 0 aliphatic carbocycles. The SMILES string of the molecule is CCOCCCN1C(=O)/C(=C\c2cccc(O)c2)NC1=S. The van der Waals surface area contributed by atoms with Crippen LogP contribution in [-0.2, 0) is 9.53 Å². The van der Waals surface area contributed by atoms with E-state index in [2.05, 4.69) is 5.32 Å². The molecular formula is C15H18N2O3S. The number of carbonyl (C=O) groups excluding carboxylic acids is 1. The van der Waals surface area contributed by atoms with Gasteiger partial charge >= 0.3 is 0 Å². The smallest absolute Gasteiger partial charge is 0.276 e. The van der Waals surface area contributed by atoms with Crippen LogP contribution in [0.4, 0.5) is 0 Å². The molecule has 1 aliphatic heterocycles. The maximum Gasteiger partial charge on any atom is 0.276 e. The summed E-state index contributed by atoms with van der Waals surface area (Å²) in [5.74, 6) is 0.00536. The molecule has 1 aliphatic rings. The quantitative estimate of drug-likeness (QED) is 0.477. The van der Waals surface area contributed by atoms with Gasteiger partial charge in [0.2, 0.25) is 0 Å². The molecule has 0 atom stereocenters. The predicted octanol–water partition coefficient (Wildman–Crippen LogP) is 1.88. The predicted molar refractivity (Wildman–Crippen MR) is 84.6 cm³/mol. The van der Waals surface area contributed by atoms with Gasteiger partial charge in [-0.3, -0.25) is 9.69 Å². The van der Waals surface area contributed by atoms with Gasteiger partial charge in [0.15, 0.2) is 5.11 Å². The third-order valence-corrected chi connectivity index (χ3v) is 3.34. The van der Waals surface area contributed by atoms with Crippen LogP contribution in [0.25, 0.3) is 6.08 Å². The van der Waals surface area contributed by atoms with Crippen LogP contribution in [0.1, 0.15) is 18.9 Å². The molecule has 0 spiro atoms. The zero-order valence-electron chi connectivity index (χ0n) is 11.8. The van der Waals surface area contributed by atoms with Crippen molar-refractivity contribution in [3.8, 4) is 5.75 Å². The molecular weight excluding hydrogens is 288 g/mol. The Morgan fingerprint density at radius 2 is 2.29 bits per heavy atom. The molecule has 1 saturated heterocycles. The van der Waals surface area contributed by atoms with Crippen molar-refractivity contribution in [2.24, 2.45) is 0 Å². The van der Waals surface area contributed by atoms with Crippen LogP contribution in [0.5, 0.6) is 5.75 Å². The molecule has 21 heavy (non-hydrogen) atoms. The number of phenols is 1. The Labute approximate surface area is 129 Å². The summed E-state index contributed by atoms with van der Waals surface area (Å²) in [6, 6.07) is 6.70. The minimum absolute atomic E-state index is 0.153. The lowest BCUT2D eigenvalue weighted by Gasteiger charge is -2.13. The molecule has 112 valence electrons. The van der Waals surface area contributed by atoms with Crippen molar-refractivity contribution in [3.05, 3.63) is 35.5 Å². The Hall–Kier alpha value is -1.92. The van der Waals surface area contributed by atoms with Gasteiger partial charge in [-0.05, 0) is 49.3 Å². The van der Waals surface area contributed by atoms with Crippen molar-refractivity contribution in [1.29, 1.82) is 0 Å². The number of hydrogen-bond donors (Lipinski definition) is 2. The molecule has 0 saturated carbocycles. The largest absolute Gasteiger partial charge is 0.508 e. The number of hydrogen-bond acceptors (Lipinski definition) is 4. The Morgan fingerprint density at radius 1 is 1.48 bits per heavy atom. The number of nitrogens with zero attached hydrogens (tertiary/aromatic N) is 1. The van der Waals surface area contributed by atoms with Crippen LogP contribution in [-0.4, -0.2) is 40.8 Å². The van der Waals surface area contributed by atoms with Gasteiger partial charge in [-0.25, -0.2) is 0 Å². The lowest BCUT2D eigenvalue weighted by Crippen LogP contribution is -2.32. The van der Waals surface area contributed by atoms with Crippen LogP contribution < -0.4 is 5.32 Å². The van der Waals surface area contributed by atoms with E-state index in [9.17, 15) is 9.90 Å². The Bertz CT molecular complexity index is 572. The highest BCUT2D eigenvalue weighted by Crippen LogP contribution is 2.17. The molecule has 1 heterocycles.